The van der Waals surface area contributed by atoms with Gasteiger partial charge in [0.05, 0.1) is 7.11 Å². The molecule has 0 aliphatic heterocycles. The average molecular weight is 274 g/mol. The lowest BCUT2D eigenvalue weighted by molar-refractivity contribution is 0.279. The Kier molecular flexibility index (Phi) is 4.48. The standard InChI is InChI=1S/C16H18O4/c1-20-16-5-3-2-4-14(16)12(8-9-17)13-7-6-11(18)10-15(13)19/h2-7,10,12,17-19H,8-9H2,1H3. The molecule has 4 nitrogen and oxygen atoms in total. The fraction of sp³-hybridized carbons (Fsp3) is 0.250. The molecule has 0 saturated heterocycles. The molecule has 2 aromatic rings. The van der Waals surface area contributed by atoms with Crippen molar-refractivity contribution < 1.29 is 20.1 Å². The van der Waals surface area contributed by atoms with Crippen molar-refractivity contribution >= 4 is 0 Å². The van der Waals surface area contributed by atoms with Crippen molar-refractivity contribution in [2.24, 2.45) is 0 Å². The maximum absolute atomic E-state index is 10.0. The lowest BCUT2D eigenvalue weighted by Gasteiger charge is -2.20. The third kappa shape index (κ3) is 2.86. The SMILES string of the molecule is COc1ccccc1C(CCO)c1ccc(O)cc1O. The highest BCUT2D eigenvalue weighted by Gasteiger charge is 2.20. The van der Waals surface area contributed by atoms with E-state index in [-0.39, 0.29) is 24.0 Å². The number of phenols is 2. The fourth-order valence-electron chi connectivity index (χ4n) is 2.39. The summed E-state index contributed by atoms with van der Waals surface area (Å²) in [4.78, 5) is 0. The van der Waals surface area contributed by atoms with Gasteiger partial charge < -0.3 is 20.1 Å². The first-order chi connectivity index (χ1) is 9.67. The Hall–Kier alpha value is -2.20. The number of methoxy groups -OCH3 is 1. The van der Waals surface area contributed by atoms with Crippen LogP contribution in [0.2, 0.25) is 0 Å². The number of hydrogen-bond acceptors (Lipinski definition) is 4. The summed E-state index contributed by atoms with van der Waals surface area (Å²) in [7, 11) is 1.59. The molecule has 2 aromatic carbocycles. The monoisotopic (exact) mass is 274 g/mol. The van der Waals surface area contributed by atoms with Crippen LogP contribution in [-0.2, 0) is 0 Å². The molecule has 0 radical (unpaired) electrons. The predicted molar refractivity (Wildman–Crippen MR) is 76.3 cm³/mol. The van der Waals surface area contributed by atoms with Crippen molar-refractivity contribution in [1.29, 1.82) is 0 Å². The minimum absolute atomic E-state index is 0.00836. The maximum atomic E-state index is 10.0. The predicted octanol–water partition coefficient (Wildman–Crippen LogP) is 2.62. The van der Waals surface area contributed by atoms with Gasteiger partial charge in [-0.1, -0.05) is 24.3 Å². The van der Waals surface area contributed by atoms with Crippen molar-refractivity contribution in [2.75, 3.05) is 13.7 Å². The van der Waals surface area contributed by atoms with Crippen LogP contribution in [-0.4, -0.2) is 29.0 Å². The minimum atomic E-state index is -0.197. The van der Waals surface area contributed by atoms with Crippen LogP contribution in [0.5, 0.6) is 17.2 Å². The topological polar surface area (TPSA) is 69.9 Å². The zero-order valence-electron chi connectivity index (χ0n) is 11.3. The normalized spacial score (nSPS) is 12.1. The number of ether oxygens (including phenoxy) is 1. The van der Waals surface area contributed by atoms with Crippen LogP contribution < -0.4 is 4.74 Å². The second-order valence-electron chi connectivity index (χ2n) is 4.55. The third-order valence-electron chi connectivity index (χ3n) is 3.32. The van der Waals surface area contributed by atoms with Gasteiger partial charge in [0, 0.05) is 29.7 Å². The number of rotatable bonds is 5. The van der Waals surface area contributed by atoms with Crippen LogP contribution in [0.3, 0.4) is 0 Å². The van der Waals surface area contributed by atoms with Crippen LogP contribution in [0.4, 0.5) is 0 Å². The summed E-state index contributed by atoms with van der Waals surface area (Å²) in [6.45, 7) is -0.0109. The average Bonchev–Trinajstić information content (AvgIpc) is 2.45. The lowest BCUT2D eigenvalue weighted by Crippen LogP contribution is -2.06. The van der Waals surface area contributed by atoms with Crippen LogP contribution in [0, 0.1) is 0 Å². The molecule has 1 unspecified atom stereocenters. The molecule has 0 heterocycles. The van der Waals surface area contributed by atoms with Gasteiger partial charge in [-0.05, 0) is 18.6 Å². The second-order valence-corrected chi connectivity index (χ2v) is 4.55. The largest absolute Gasteiger partial charge is 0.508 e. The molecule has 4 heteroatoms. The van der Waals surface area contributed by atoms with Crippen molar-refractivity contribution in [2.45, 2.75) is 12.3 Å². The number of aliphatic hydroxyl groups is 1. The molecule has 2 rings (SSSR count). The van der Waals surface area contributed by atoms with Gasteiger partial charge in [-0.3, -0.25) is 0 Å². The molecule has 1 atom stereocenters. The molecule has 0 spiro atoms. The zero-order valence-corrected chi connectivity index (χ0v) is 11.3. The Labute approximate surface area is 117 Å². The molecule has 0 amide bonds. The molecule has 0 aliphatic rings. The van der Waals surface area contributed by atoms with Gasteiger partial charge in [0.25, 0.3) is 0 Å². The summed E-state index contributed by atoms with van der Waals surface area (Å²) in [5.41, 5.74) is 1.55. The van der Waals surface area contributed by atoms with Gasteiger partial charge in [0.1, 0.15) is 17.2 Å². The minimum Gasteiger partial charge on any atom is -0.508 e. The highest BCUT2D eigenvalue weighted by atomic mass is 16.5. The number of aromatic hydroxyl groups is 2. The van der Waals surface area contributed by atoms with E-state index in [4.69, 9.17) is 4.74 Å². The Morgan fingerprint density at radius 2 is 1.80 bits per heavy atom. The molecule has 106 valence electrons. The number of hydrogen-bond donors (Lipinski definition) is 3. The maximum Gasteiger partial charge on any atom is 0.123 e. The summed E-state index contributed by atoms with van der Waals surface area (Å²) >= 11 is 0. The first-order valence-corrected chi connectivity index (χ1v) is 6.43. The van der Waals surface area contributed by atoms with Crippen LogP contribution >= 0.6 is 0 Å². The summed E-state index contributed by atoms with van der Waals surface area (Å²) in [6.07, 6.45) is 0.457. The Morgan fingerprint density at radius 1 is 1.05 bits per heavy atom. The van der Waals surface area contributed by atoms with Gasteiger partial charge in [0.15, 0.2) is 0 Å². The highest BCUT2D eigenvalue weighted by molar-refractivity contribution is 5.48. The Balaban J connectivity index is 2.50. The van der Waals surface area contributed by atoms with E-state index >= 15 is 0 Å². The first kappa shape index (κ1) is 14.2. The van der Waals surface area contributed by atoms with E-state index in [0.717, 1.165) is 5.56 Å². The Bertz CT molecular complexity index is 580. The third-order valence-corrected chi connectivity index (χ3v) is 3.32. The summed E-state index contributed by atoms with van der Waals surface area (Å²) < 4.78 is 5.35. The van der Waals surface area contributed by atoms with Gasteiger partial charge in [-0.25, -0.2) is 0 Å². The number of benzene rings is 2. The summed E-state index contributed by atoms with van der Waals surface area (Å²) in [5, 5.41) is 28.7. The molecule has 0 fully saturated rings. The van der Waals surface area contributed by atoms with Gasteiger partial charge in [-0.15, -0.1) is 0 Å². The molecule has 0 saturated carbocycles. The zero-order chi connectivity index (χ0) is 14.5. The number of aliphatic hydroxyl groups excluding tert-OH is 1. The van der Waals surface area contributed by atoms with E-state index in [1.54, 1.807) is 13.2 Å². The van der Waals surface area contributed by atoms with Crippen molar-refractivity contribution in [1.82, 2.24) is 0 Å². The van der Waals surface area contributed by atoms with E-state index in [2.05, 4.69) is 0 Å². The van der Waals surface area contributed by atoms with E-state index in [0.29, 0.717) is 17.7 Å². The van der Waals surface area contributed by atoms with E-state index in [1.807, 2.05) is 24.3 Å². The molecular formula is C16H18O4. The highest BCUT2D eigenvalue weighted by Crippen LogP contribution is 2.39. The quantitative estimate of drug-likeness (QED) is 0.784. The fourth-order valence-corrected chi connectivity index (χ4v) is 2.39. The van der Waals surface area contributed by atoms with Crippen LogP contribution in [0.15, 0.2) is 42.5 Å². The molecular weight excluding hydrogens is 256 g/mol. The van der Waals surface area contributed by atoms with Gasteiger partial charge in [0.2, 0.25) is 0 Å². The van der Waals surface area contributed by atoms with Crippen molar-refractivity contribution in [3.05, 3.63) is 53.6 Å². The van der Waals surface area contributed by atoms with Crippen LogP contribution in [0.1, 0.15) is 23.5 Å². The van der Waals surface area contributed by atoms with E-state index < -0.39 is 0 Å². The molecule has 0 aliphatic carbocycles. The second kappa shape index (κ2) is 6.30. The molecule has 0 aromatic heterocycles. The van der Waals surface area contributed by atoms with Gasteiger partial charge in [-0.2, -0.15) is 0 Å². The Morgan fingerprint density at radius 3 is 2.45 bits per heavy atom. The van der Waals surface area contributed by atoms with Crippen LogP contribution in [0.25, 0.3) is 0 Å². The smallest absolute Gasteiger partial charge is 0.123 e. The number of phenolic OH excluding ortho intramolecular Hbond substituents is 2. The summed E-state index contributed by atoms with van der Waals surface area (Å²) in [6, 6.07) is 12.0. The molecule has 0 bridgehead atoms. The van der Waals surface area contributed by atoms with Gasteiger partial charge >= 0.3 is 0 Å². The molecule has 20 heavy (non-hydrogen) atoms. The van der Waals surface area contributed by atoms with E-state index in [1.165, 1.54) is 12.1 Å². The summed E-state index contributed by atoms with van der Waals surface area (Å²) in [5.74, 6) is 0.526. The van der Waals surface area contributed by atoms with Crippen molar-refractivity contribution in [3.63, 3.8) is 0 Å². The van der Waals surface area contributed by atoms with Crippen molar-refractivity contribution in [3.8, 4) is 17.2 Å². The number of para-hydroxylation sites is 1. The first-order valence-electron chi connectivity index (χ1n) is 6.43. The molecule has 3 N–H and O–H groups in total. The van der Waals surface area contributed by atoms with E-state index in [9.17, 15) is 15.3 Å². The lowest BCUT2D eigenvalue weighted by atomic mass is 9.87.